The van der Waals surface area contributed by atoms with Gasteiger partial charge in [0.1, 0.15) is 0 Å². The molecule has 5 heteroatoms. The summed E-state index contributed by atoms with van der Waals surface area (Å²) in [5, 5.41) is 4.12. The van der Waals surface area contributed by atoms with Gasteiger partial charge in [0.05, 0.1) is 5.75 Å². The minimum Gasteiger partial charge on any atom is -0.369 e. The van der Waals surface area contributed by atoms with Crippen molar-refractivity contribution >= 4 is 29.3 Å². The topological polar surface area (TPSA) is 55.1 Å². The summed E-state index contributed by atoms with van der Waals surface area (Å²) < 4.78 is 0. The Balaban J connectivity index is 2.69. The molecule has 1 amide bonds. The van der Waals surface area contributed by atoms with Crippen LogP contribution in [0.15, 0.2) is 23.1 Å². The van der Waals surface area contributed by atoms with Crippen molar-refractivity contribution < 1.29 is 4.79 Å². The van der Waals surface area contributed by atoms with E-state index in [1.165, 1.54) is 11.8 Å². The van der Waals surface area contributed by atoms with Gasteiger partial charge in [0.2, 0.25) is 5.91 Å². The number of hydrogen-bond acceptors (Lipinski definition) is 3. The molecule has 3 N–H and O–H groups in total. The Morgan fingerprint density at radius 1 is 1.56 bits per heavy atom. The first-order valence-electron chi connectivity index (χ1n) is 5.98. The Bertz CT molecular complexity index is 412. The normalized spacial score (nSPS) is 12.4. The molecule has 1 aromatic rings. The van der Waals surface area contributed by atoms with Crippen LogP contribution in [0.5, 0.6) is 0 Å². The number of carbonyl (C=O) groups excluding carboxylic acids is 1. The standard InChI is InChI=1S/C13H19ClN2OS/c1-3-6-16-9(2)11-5-4-10(7-12(11)14)18-8-13(15)17/h4-5,7,9,16H,3,6,8H2,1-2H3,(H2,15,17). The maximum Gasteiger partial charge on any atom is 0.227 e. The van der Waals surface area contributed by atoms with Crippen LogP contribution < -0.4 is 11.1 Å². The highest BCUT2D eigenvalue weighted by atomic mass is 35.5. The number of halogens is 1. The second kappa shape index (κ2) is 7.67. The number of benzene rings is 1. The van der Waals surface area contributed by atoms with Crippen LogP contribution >= 0.6 is 23.4 Å². The molecule has 0 saturated carbocycles. The second-order valence-corrected chi connectivity index (χ2v) is 5.57. The van der Waals surface area contributed by atoms with Gasteiger partial charge >= 0.3 is 0 Å². The van der Waals surface area contributed by atoms with E-state index in [1.807, 2.05) is 18.2 Å². The van der Waals surface area contributed by atoms with Crippen LogP contribution in [0.25, 0.3) is 0 Å². The first kappa shape index (κ1) is 15.3. The van der Waals surface area contributed by atoms with E-state index in [9.17, 15) is 4.79 Å². The molecule has 1 unspecified atom stereocenters. The lowest BCUT2D eigenvalue weighted by Gasteiger charge is -2.15. The van der Waals surface area contributed by atoms with Crippen LogP contribution in [0.3, 0.4) is 0 Å². The Morgan fingerprint density at radius 3 is 2.83 bits per heavy atom. The smallest absolute Gasteiger partial charge is 0.227 e. The molecule has 0 aliphatic heterocycles. The number of carbonyl (C=O) groups is 1. The molecule has 0 bridgehead atoms. The summed E-state index contributed by atoms with van der Waals surface area (Å²) in [5.74, 6) is -0.0440. The first-order chi connectivity index (χ1) is 8.54. The molecule has 100 valence electrons. The number of nitrogens with one attached hydrogen (secondary N) is 1. The third-order valence-electron chi connectivity index (χ3n) is 2.52. The van der Waals surface area contributed by atoms with E-state index in [2.05, 4.69) is 19.2 Å². The van der Waals surface area contributed by atoms with Crippen molar-refractivity contribution in [2.45, 2.75) is 31.2 Å². The Labute approximate surface area is 117 Å². The third kappa shape index (κ3) is 4.88. The number of amides is 1. The van der Waals surface area contributed by atoms with Crippen molar-refractivity contribution in [1.82, 2.24) is 5.32 Å². The van der Waals surface area contributed by atoms with Crippen molar-refractivity contribution in [1.29, 1.82) is 0 Å². The van der Waals surface area contributed by atoms with Gasteiger partial charge in [-0.1, -0.05) is 24.6 Å². The van der Waals surface area contributed by atoms with Gasteiger partial charge in [-0.05, 0) is 37.6 Å². The summed E-state index contributed by atoms with van der Waals surface area (Å²) in [4.78, 5) is 11.7. The summed E-state index contributed by atoms with van der Waals surface area (Å²) in [7, 11) is 0. The molecular formula is C13H19ClN2OS. The molecule has 1 aromatic carbocycles. The van der Waals surface area contributed by atoms with Crippen molar-refractivity contribution in [2.75, 3.05) is 12.3 Å². The van der Waals surface area contributed by atoms with E-state index in [1.54, 1.807) is 0 Å². The molecule has 1 rings (SSSR count). The van der Waals surface area contributed by atoms with Gasteiger partial charge in [0.25, 0.3) is 0 Å². The zero-order valence-corrected chi connectivity index (χ0v) is 12.3. The van der Waals surface area contributed by atoms with Crippen molar-refractivity contribution in [2.24, 2.45) is 5.73 Å². The van der Waals surface area contributed by atoms with Crippen LogP contribution in [0.1, 0.15) is 31.9 Å². The lowest BCUT2D eigenvalue weighted by molar-refractivity contribution is -0.115. The molecule has 1 atom stereocenters. The summed E-state index contributed by atoms with van der Waals surface area (Å²) in [6, 6.07) is 6.08. The SMILES string of the molecule is CCCNC(C)c1ccc(SCC(N)=O)cc1Cl. The van der Waals surface area contributed by atoms with Gasteiger partial charge in [-0.25, -0.2) is 0 Å². The molecule has 0 radical (unpaired) electrons. The van der Waals surface area contributed by atoms with Gasteiger partial charge in [-0.15, -0.1) is 11.8 Å². The highest BCUT2D eigenvalue weighted by Gasteiger charge is 2.09. The summed E-state index contributed by atoms with van der Waals surface area (Å²) in [6.45, 7) is 5.19. The number of rotatable bonds is 7. The van der Waals surface area contributed by atoms with Crippen LogP contribution in [-0.4, -0.2) is 18.2 Å². The molecule has 18 heavy (non-hydrogen) atoms. The average molecular weight is 287 g/mol. The maximum atomic E-state index is 10.7. The summed E-state index contributed by atoms with van der Waals surface area (Å²) in [6.07, 6.45) is 1.09. The maximum absolute atomic E-state index is 10.7. The van der Waals surface area contributed by atoms with Crippen molar-refractivity contribution in [3.8, 4) is 0 Å². The number of primary amides is 1. The number of hydrogen-bond donors (Lipinski definition) is 2. The summed E-state index contributed by atoms with van der Waals surface area (Å²) in [5.41, 5.74) is 6.19. The first-order valence-corrected chi connectivity index (χ1v) is 7.35. The van der Waals surface area contributed by atoms with Gasteiger partial charge < -0.3 is 11.1 Å². The van der Waals surface area contributed by atoms with Crippen LogP contribution in [0, 0.1) is 0 Å². The van der Waals surface area contributed by atoms with Crippen molar-refractivity contribution in [3.05, 3.63) is 28.8 Å². The predicted octanol–water partition coefficient (Wildman–Crippen LogP) is 2.98. The Hall–Kier alpha value is -0.710. The predicted molar refractivity (Wildman–Crippen MR) is 78.1 cm³/mol. The molecular weight excluding hydrogens is 268 g/mol. The zero-order valence-electron chi connectivity index (χ0n) is 10.7. The number of nitrogens with two attached hydrogens (primary N) is 1. The Kier molecular flexibility index (Phi) is 6.54. The lowest BCUT2D eigenvalue weighted by Crippen LogP contribution is -2.19. The average Bonchev–Trinajstić information content (AvgIpc) is 2.33. The highest BCUT2D eigenvalue weighted by Crippen LogP contribution is 2.28. The van der Waals surface area contributed by atoms with E-state index in [0.29, 0.717) is 0 Å². The van der Waals surface area contributed by atoms with E-state index in [4.69, 9.17) is 17.3 Å². The molecule has 0 aliphatic carbocycles. The molecule has 0 aliphatic rings. The van der Waals surface area contributed by atoms with Gasteiger partial charge in [0, 0.05) is 16.0 Å². The van der Waals surface area contributed by atoms with Crippen LogP contribution in [0.2, 0.25) is 5.02 Å². The van der Waals surface area contributed by atoms with E-state index in [-0.39, 0.29) is 17.7 Å². The molecule has 0 heterocycles. The van der Waals surface area contributed by atoms with Gasteiger partial charge in [-0.3, -0.25) is 4.79 Å². The molecule has 0 fully saturated rings. The fourth-order valence-electron chi connectivity index (χ4n) is 1.57. The zero-order chi connectivity index (χ0) is 13.5. The quantitative estimate of drug-likeness (QED) is 0.758. The summed E-state index contributed by atoms with van der Waals surface area (Å²) >= 11 is 7.65. The largest absolute Gasteiger partial charge is 0.369 e. The minimum absolute atomic E-state index is 0.229. The molecule has 3 nitrogen and oxygen atoms in total. The van der Waals surface area contributed by atoms with Crippen LogP contribution in [-0.2, 0) is 4.79 Å². The van der Waals surface area contributed by atoms with Gasteiger partial charge in [-0.2, -0.15) is 0 Å². The Morgan fingerprint density at radius 2 is 2.28 bits per heavy atom. The monoisotopic (exact) mass is 286 g/mol. The van der Waals surface area contributed by atoms with E-state index in [0.717, 1.165) is 28.4 Å². The van der Waals surface area contributed by atoms with Crippen LogP contribution in [0.4, 0.5) is 0 Å². The number of thioether (sulfide) groups is 1. The minimum atomic E-state index is -0.321. The molecule has 0 spiro atoms. The highest BCUT2D eigenvalue weighted by molar-refractivity contribution is 8.00. The van der Waals surface area contributed by atoms with Gasteiger partial charge in [0.15, 0.2) is 0 Å². The fraction of sp³-hybridized carbons (Fsp3) is 0.462. The van der Waals surface area contributed by atoms with Crippen molar-refractivity contribution in [3.63, 3.8) is 0 Å². The lowest BCUT2D eigenvalue weighted by atomic mass is 10.1. The third-order valence-corrected chi connectivity index (χ3v) is 3.86. The molecule has 0 saturated heterocycles. The van der Waals surface area contributed by atoms with E-state index >= 15 is 0 Å². The molecule has 0 aromatic heterocycles. The second-order valence-electron chi connectivity index (χ2n) is 4.11. The fourth-order valence-corrected chi connectivity index (χ4v) is 2.66. The van der Waals surface area contributed by atoms with E-state index < -0.39 is 0 Å².